The van der Waals surface area contributed by atoms with Crippen LogP contribution in [-0.4, -0.2) is 26.0 Å². The van der Waals surface area contributed by atoms with Crippen LogP contribution in [0.1, 0.15) is 39.1 Å². The molecule has 1 aromatic heterocycles. The maximum atomic E-state index is 12.9. The standard InChI is InChI=1S/C16H19ClF3N5OS/c1-8(27-14-24-23-13(25(14)21)15(2,3)4)12(26)22-9-5-6-11(17)10(7-9)16(18,19)20/h5-8H,21H2,1-4H3,(H,22,26)/t8-/m0/s1. The van der Waals surface area contributed by atoms with Crippen molar-refractivity contribution in [1.29, 1.82) is 0 Å². The number of carbonyl (C=O) groups is 1. The van der Waals surface area contributed by atoms with E-state index in [1.807, 2.05) is 20.8 Å². The highest BCUT2D eigenvalue weighted by Crippen LogP contribution is 2.36. The van der Waals surface area contributed by atoms with Gasteiger partial charge in [-0.1, -0.05) is 44.1 Å². The maximum absolute atomic E-state index is 12.9. The second-order valence-corrected chi connectivity index (χ2v) is 8.58. The van der Waals surface area contributed by atoms with Gasteiger partial charge < -0.3 is 11.2 Å². The van der Waals surface area contributed by atoms with Gasteiger partial charge in [-0.25, -0.2) is 4.68 Å². The lowest BCUT2D eigenvalue weighted by atomic mass is 9.96. The number of hydrogen-bond donors (Lipinski definition) is 2. The molecule has 1 amide bonds. The molecule has 0 saturated carbocycles. The molecule has 0 fully saturated rings. The van der Waals surface area contributed by atoms with Crippen LogP contribution in [-0.2, 0) is 16.4 Å². The van der Waals surface area contributed by atoms with Crippen molar-refractivity contribution in [3.05, 3.63) is 34.6 Å². The molecule has 6 nitrogen and oxygen atoms in total. The Balaban J connectivity index is 2.12. The van der Waals surface area contributed by atoms with Crippen LogP contribution in [0.2, 0.25) is 5.02 Å². The Bertz CT molecular complexity index is 848. The summed E-state index contributed by atoms with van der Waals surface area (Å²) in [6, 6.07) is 3.18. The third-order valence-electron chi connectivity index (χ3n) is 3.53. The number of nitrogens with one attached hydrogen (secondary N) is 1. The monoisotopic (exact) mass is 421 g/mol. The number of amides is 1. The number of aromatic nitrogens is 3. The van der Waals surface area contributed by atoms with E-state index in [9.17, 15) is 18.0 Å². The van der Waals surface area contributed by atoms with Crippen molar-refractivity contribution in [2.75, 3.05) is 11.2 Å². The smallest absolute Gasteiger partial charge is 0.336 e. The van der Waals surface area contributed by atoms with Gasteiger partial charge in [-0.2, -0.15) is 13.2 Å². The molecule has 11 heteroatoms. The number of rotatable bonds is 4. The highest BCUT2D eigenvalue weighted by atomic mass is 35.5. The molecule has 2 rings (SSSR count). The number of carbonyl (C=O) groups excluding carboxylic acids is 1. The highest BCUT2D eigenvalue weighted by molar-refractivity contribution is 8.00. The van der Waals surface area contributed by atoms with E-state index in [1.54, 1.807) is 6.92 Å². The summed E-state index contributed by atoms with van der Waals surface area (Å²) < 4.78 is 40.1. The fraction of sp³-hybridized carbons (Fsp3) is 0.438. The Morgan fingerprint density at radius 3 is 2.44 bits per heavy atom. The number of anilines is 1. The summed E-state index contributed by atoms with van der Waals surface area (Å²) in [7, 11) is 0. The normalized spacial score (nSPS) is 13.5. The Hall–Kier alpha value is -1.94. The molecular formula is C16H19ClF3N5OS. The number of thioether (sulfide) groups is 1. The maximum Gasteiger partial charge on any atom is 0.417 e. The van der Waals surface area contributed by atoms with Gasteiger partial charge >= 0.3 is 6.18 Å². The number of alkyl halides is 3. The largest absolute Gasteiger partial charge is 0.417 e. The molecule has 3 N–H and O–H groups in total. The van der Waals surface area contributed by atoms with Gasteiger partial charge in [0.15, 0.2) is 5.82 Å². The predicted molar refractivity (Wildman–Crippen MR) is 99.3 cm³/mol. The fourth-order valence-corrected chi connectivity index (χ4v) is 3.14. The van der Waals surface area contributed by atoms with Crippen molar-refractivity contribution in [2.24, 2.45) is 0 Å². The topological polar surface area (TPSA) is 85.8 Å². The molecule has 1 aromatic carbocycles. The van der Waals surface area contributed by atoms with Crippen LogP contribution in [0.25, 0.3) is 0 Å². The van der Waals surface area contributed by atoms with E-state index in [0.29, 0.717) is 11.0 Å². The molecular weight excluding hydrogens is 403 g/mol. The molecule has 2 aromatic rings. The lowest BCUT2D eigenvalue weighted by Gasteiger charge is -2.17. The molecule has 148 valence electrons. The summed E-state index contributed by atoms with van der Waals surface area (Å²) in [6.45, 7) is 7.35. The number of nitrogens with zero attached hydrogens (tertiary/aromatic N) is 3. The molecule has 0 bridgehead atoms. The second kappa shape index (κ2) is 7.59. The third kappa shape index (κ3) is 5.07. The minimum atomic E-state index is -4.61. The van der Waals surface area contributed by atoms with E-state index in [0.717, 1.165) is 23.9 Å². The van der Waals surface area contributed by atoms with E-state index in [-0.39, 0.29) is 11.1 Å². The van der Waals surface area contributed by atoms with E-state index in [1.165, 1.54) is 10.7 Å². The highest BCUT2D eigenvalue weighted by Gasteiger charge is 2.33. The number of halogens is 4. The summed E-state index contributed by atoms with van der Waals surface area (Å²) in [5.41, 5.74) is -1.35. The van der Waals surface area contributed by atoms with E-state index >= 15 is 0 Å². The van der Waals surface area contributed by atoms with E-state index in [2.05, 4.69) is 15.5 Å². The minimum Gasteiger partial charge on any atom is -0.336 e. The van der Waals surface area contributed by atoms with Crippen LogP contribution in [0.4, 0.5) is 18.9 Å². The Morgan fingerprint density at radius 2 is 1.93 bits per heavy atom. The van der Waals surface area contributed by atoms with Gasteiger partial charge in [-0.15, -0.1) is 10.2 Å². The van der Waals surface area contributed by atoms with Crippen LogP contribution in [0.15, 0.2) is 23.4 Å². The number of hydrogen-bond acceptors (Lipinski definition) is 5. The number of benzene rings is 1. The van der Waals surface area contributed by atoms with Crippen LogP contribution in [0, 0.1) is 0 Å². The van der Waals surface area contributed by atoms with Crippen LogP contribution in [0.3, 0.4) is 0 Å². The average molecular weight is 422 g/mol. The van der Waals surface area contributed by atoms with Crippen LogP contribution in [0.5, 0.6) is 0 Å². The van der Waals surface area contributed by atoms with E-state index in [4.69, 9.17) is 17.4 Å². The van der Waals surface area contributed by atoms with Crippen LogP contribution < -0.4 is 11.2 Å². The Kier molecular flexibility index (Phi) is 6.00. The van der Waals surface area contributed by atoms with Crippen molar-refractivity contribution in [3.63, 3.8) is 0 Å². The van der Waals surface area contributed by atoms with Crippen molar-refractivity contribution in [1.82, 2.24) is 14.9 Å². The van der Waals surface area contributed by atoms with Gasteiger partial charge in [0.25, 0.3) is 0 Å². The molecule has 1 atom stereocenters. The number of nitrogens with two attached hydrogens (primary N) is 1. The molecule has 1 heterocycles. The second-order valence-electron chi connectivity index (χ2n) is 6.87. The Morgan fingerprint density at radius 1 is 1.30 bits per heavy atom. The van der Waals surface area contributed by atoms with Crippen molar-refractivity contribution in [2.45, 2.75) is 49.7 Å². The summed E-state index contributed by atoms with van der Waals surface area (Å²) in [5, 5.41) is 9.66. The molecule has 0 radical (unpaired) electrons. The quantitative estimate of drug-likeness (QED) is 0.573. The lowest BCUT2D eigenvalue weighted by molar-refractivity contribution is -0.137. The average Bonchev–Trinajstić information content (AvgIpc) is 2.89. The summed E-state index contributed by atoms with van der Waals surface area (Å²) in [6.07, 6.45) is -4.61. The van der Waals surface area contributed by atoms with Gasteiger partial charge in [0.05, 0.1) is 15.8 Å². The number of nitrogen functional groups attached to an aromatic ring is 1. The first-order valence-electron chi connectivity index (χ1n) is 7.86. The third-order valence-corrected chi connectivity index (χ3v) is 4.91. The first-order chi connectivity index (χ1) is 12.3. The predicted octanol–water partition coefficient (Wildman–Crippen LogP) is 4.08. The van der Waals surface area contributed by atoms with E-state index < -0.39 is 27.9 Å². The van der Waals surface area contributed by atoms with Gasteiger partial charge in [-0.05, 0) is 25.1 Å². The SMILES string of the molecule is C[C@H](Sc1nnc(C(C)(C)C)n1N)C(=O)Nc1ccc(Cl)c(C(F)(F)F)c1. The van der Waals surface area contributed by atoms with Gasteiger partial charge in [0.2, 0.25) is 11.1 Å². The molecule has 0 aliphatic heterocycles. The summed E-state index contributed by atoms with van der Waals surface area (Å²) >= 11 is 6.63. The first-order valence-corrected chi connectivity index (χ1v) is 9.11. The summed E-state index contributed by atoms with van der Waals surface area (Å²) in [4.78, 5) is 12.3. The van der Waals surface area contributed by atoms with Gasteiger partial charge in [-0.3, -0.25) is 4.79 Å². The summed E-state index contributed by atoms with van der Waals surface area (Å²) in [5.74, 6) is 6.02. The molecule has 0 spiro atoms. The minimum absolute atomic E-state index is 0.00577. The van der Waals surface area contributed by atoms with Crippen LogP contribution >= 0.6 is 23.4 Å². The zero-order valence-electron chi connectivity index (χ0n) is 15.1. The molecule has 0 saturated heterocycles. The molecule has 0 unspecified atom stereocenters. The zero-order valence-corrected chi connectivity index (χ0v) is 16.6. The molecule has 0 aliphatic carbocycles. The lowest BCUT2D eigenvalue weighted by Crippen LogP contribution is -2.26. The van der Waals surface area contributed by atoms with Crippen molar-refractivity contribution < 1.29 is 18.0 Å². The Labute approximate surface area is 163 Å². The zero-order chi connectivity index (χ0) is 20.6. The first kappa shape index (κ1) is 21.4. The molecule has 0 aliphatic rings. The fourth-order valence-electron chi connectivity index (χ4n) is 2.14. The van der Waals surface area contributed by atoms with Crippen molar-refractivity contribution in [3.8, 4) is 0 Å². The van der Waals surface area contributed by atoms with Crippen molar-refractivity contribution >= 4 is 35.0 Å². The molecule has 27 heavy (non-hydrogen) atoms. The van der Waals surface area contributed by atoms with Gasteiger partial charge in [0.1, 0.15) is 0 Å². The van der Waals surface area contributed by atoms with Gasteiger partial charge in [0, 0.05) is 11.1 Å².